The van der Waals surface area contributed by atoms with Crippen molar-refractivity contribution in [1.82, 2.24) is 5.32 Å². The molecule has 2 saturated heterocycles. The zero-order chi connectivity index (χ0) is 31.5. The summed E-state index contributed by atoms with van der Waals surface area (Å²) in [5.74, 6) is -1.38. The van der Waals surface area contributed by atoms with Gasteiger partial charge < -0.3 is 54.1 Å². The molecular formula is C31H52N2O11. The molecule has 0 aromatic rings. The Kier molecular flexibility index (Phi) is 10.8. The van der Waals surface area contributed by atoms with E-state index in [0.29, 0.717) is 19.6 Å². The lowest BCUT2D eigenvalue weighted by molar-refractivity contribution is -0.190. The van der Waals surface area contributed by atoms with Crippen LogP contribution in [0.4, 0.5) is 4.79 Å². The van der Waals surface area contributed by atoms with Crippen LogP contribution in [-0.4, -0.2) is 109 Å². The molecule has 0 unspecified atom stereocenters. The Labute approximate surface area is 260 Å². The van der Waals surface area contributed by atoms with Gasteiger partial charge >= 0.3 is 12.1 Å². The zero-order valence-corrected chi connectivity index (χ0v) is 26.6. The maximum absolute atomic E-state index is 12.2. The van der Waals surface area contributed by atoms with Crippen LogP contribution in [0.5, 0.6) is 0 Å². The summed E-state index contributed by atoms with van der Waals surface area (Å²) in [5, 5.41) is 11.7. The number of hydrogen-bond donors (Lipinski definition) is 3. The second kappa shape index (κ2) is 14.0. The van der Waals surface area contributed by atoms with Gasteiger partial charge in [-0.05, 0) is 66.2 Å². The number of aliphatic hydroxyl groups excluding tert-OH is 1. The Morgan fingerprint density at radius 1 is 0.864 bits per heavy atom. The van der Waals surface area contributed by atoms with Crippen LogP contribution < -0.4 is 11.1 Å². The summed E-state index contributed by atoms with van der Waals surface area (Å²) >= 11 is 0. The van der Waals surface area contributed by atoms with E-state index in [0.717, 1.165) is 57.8 Å². The fourth-order valence-corrected chi connectivity index (χ4v) is 7.39. The fourth-order valence-electron chi connectivity index (χ4n) is 7.39. The molecule has 0 bridgehead atoms. The van der Waals surface area contributed by atoms with E-state index >= 15 is 0 Å². The van der Waals surface area contributed by atoms with Gasteiger partial charge in [0.1, 0.15) is 36.6 Å². The van der Waals surface area contributed by atoms with Crippen molar-refractivity contribution in [2.75, 3.05) is 26.4 Å². The largest absolute Gasteiger partial charge is 0.464 e. The first-order chi connectivity index (χ1) is 21.0. The summed E-state index contributed by atoms with van der Waals surface area (Å²) in [6.07, 6.45) is 7.72. The van der Waals surface area contributed by atoms with Crippen LogP contribution in [0.25, 0.3) is 0 Å². The lowest BCUT2D eigenvalue weighted by Gasteiger charge is -2.27. The van der Waals surface area contributed by atoms with Gasteiger partial charge in [0.2, 0.25) is 0 Å². The van der Waals surface area contributed by atoms with E-state index in [9.17, 15) is 9.59 Å². The van der Waals surface area contributed by atoms with Crippen molar-refractivity contribution >= 4 is 12.1 Å². The number of carbonyl (C=O) groups is 2. The summed E-state index contributed by atoms with van der Waals surface area (Å²) in [4.78, 5) is 23.9. The van der Waals surface area contributed by atoms with Gasteiger partial charge in [0.25, 0.3) is 0 Å². The Hall–Kier alpha value is -1.58. The molecule has 0 aromatic carbocycles. The molecule has 2 aliphatic heterocycles. The number of aliphatic hydroxyl groups is 1. The highest BCUT2D eigenvalue weighted by atomic mass is 16.8. The molecule has 4 N–H and O–H groups in total. The van der Waals surface area contributed by atoms with Gasteiger partial charge in [-0.1, -0.05) is 0 Å². The molecule has 4 aliphatic carbocycles. The fraction of sp³-hybridized carbons (Fsp3) is 0.935. The third kappa shape index (κ3) is 7.86. The van der Waals surface area contributed by atoms with Gasteiger partial charge in [-0.15, -0.1) is 0 Å². The number of carbonyl (C=O) groups excluding carboxylic acids is 2. The standard InChI is InChI=1S/C19H31NO7.C12H21NO4/c1-5-23-14(21)11-24-13-10-12(20-17(22)27-18(2,3)4)15-16(13)26-19(25-15)8-6-7-9-19;13-8-7-9(15-6-5-14)11-10(8)16-12(17-11)3-1-2-4-12/h12-13,15-16H,5-11H2,1-4H3,(H,20,22);8-11,14H,1-7,13H2/t12-,13+,15+,16-;8-,9+,10+,11-/m11/s1. The third-order valence-electron chi connectivity index (χ3n) is 9.17. The van der Waals surface area contributed by atoms with Crippen LogP contribution in [0.2, 0.25) is 0 Å². The Balaban J connectivity index is 0.000000193. The van der Waals surface area contributed by atoms with Crippen molar-refractivity contribution in [1.29, 1.82) is 0 Å². The molecule has 13 nitrogen and oxygen atoms in total. The molecule has 252 valence electrons. The monoisotopic (exact) mass is 628 g/mol. The Bertz CT molecular complexity index is 978. The number of nitrogens with two attached hydrogens (primary N) is 1. The summed E-state index contributed by atoms with van der Waals surface area (Å²) < 4.78 is 46.4. The number of esters is 1. The lowest BCUT2D eigenvalue weighted by atomic mass is 10.2. The Morgan fingerprint density at radius 2 is 1.41 bits per heavy atom. The number of fused-ring (bicyclic) bond motifs is 2. The van der Waals surface area contributed by atoms with Crippen LogP contribution in [0.15, 0.2) is 0 Å². The highest BCUT2D eigenvalue weighted by molar-refractivity contribution is 5.70. The summed E-state index contributed by atoms with van der Waals surface area (Å²) in [6.45, 7) is 7.75. The minimum Gasteiger partial charge on any atom is -0.464 e. The number of hydrogen-bond acceptors (Lipinski definition) is 12. The zero-order valence-electron chi connectivity index (χ0n) is 26.6. The van der Waals surface area contributed by atoms with Crippen LogP contribution >= 0.6 is 0 Å². The topological polar surface area (TPSA) is 166 Å². The number of amides is 1. The van der Waals surface area contributed by atoms with E-state index in [1.165, 1.54) is 0 Å². The van der Waals surface area contributed by atoms with E-state index in [4.69, 9.17) is 48.7 Å². The maximum Gasteiger partial charge on any atom is 0.407 e. The van der Waals surface area contributed by atoms with Crippen molar-refractivity contribution in [3.05, 3.63) is 0 Å². The highest BCUT2D eigenvalue weighted by Crippen LogP contribution is 2.48. The van der Waals surface area contributed by atoms with E-state index in [1.54, 1.807) is 6.92 Å². The average Bonchev–Trinajstić information content (AvgIpc) is 3.80. The van der Waals surface area contributed by atoms with E-state index < -0.39 is 23.5 Å². The molecular weight excluding hydrogens is 576 g/mol. The van der Waals surface area contributed by atoms with Gasteiger partial charge in [0.05, 0.1) is 38.1 Å². The maximum atomic E-state index is 12.2. The average molecular weight is 629 g/mol. The molecule has 6 rings (SSSR count). The number of rotatable bonds is 8. The minimum atomic E-state index is -0.588. The van der Waals surface area contributed by atoms with E-state index in [-0.39, 0.29) is 67.7 Å². The number of ether oxygens (including phenoxy) is 8. The van der Waals surface area contributed by atoms with Gasteiger partial charge in [0, 0.05) is 31.7 Å². The smallest absolute Gasteiger partial charge is 0.407 e. The van der Waals surface area contributed by atoms with Crippen molar-refractivity contribution in [3.8, 4) is 0 Å². The summed E-state index contributed by atoms with van der Waals surface area (Å²) in [7, 11) is 0. The summed E-state index contributed by atoms with van der Waals surface area (Å²) in [5.41, 5.74) is 5.50. The highest BCUT2D eigenvalue weighted by Gasteiger charge is 2.59. The lowest BCUT2D eigenvalue weighted by Crippen LogP contribution is -2.45. The first-order valence-corrected chi connectivity index (χ1v) is 16.4. The molecule has 2 heterocycles. The SMILES string of the molecule is CCOC(=O)CO[C@H]1C[C@@H](NC(=O)OC(C)(C)C)[C@@H]2OC3(CCCC3)O[C@@H]21.N[C@@H]1C[C@H](OCCO)[C@H]2OC3(CCCC3)O[C@H]21. The molecule has 8 atom stereocenters. The molecule has 6 fully saturated rings. The molecule has 6 aliphatic rings. The van der Waals surface area contributed by atoms with Gasteiger partial charge in [-0.3, -0.25) is 0 Å². The van der Waals surface area contributed by atoms with Crippen molar-refractivity contribution in [2.45, 2.75) is 158 Å². The number of nitrogens with one attached hydrogen (secondary N) is 1. The van der Waals surface area contributed by atoms with Gasteiger partial charge in [-0.2, -0.15) is 0 Å². The molecule has 0 aromatic heterocycles. The third-order valence-corrected chi connectivity index (χ3v) is 9.17. The minimum absolute atomic E-state index is 0.0105. The summed E-state index contributed by atoms with van der Waals surface area (Å²) in [6, 6.07) is -0.305. The molecule has 1 amide bonds. The molecule has 0 radical (unpaired) electrons. The first-order valence-electron chi connectivity index (χ1n) is 16.4. The second-order valence-corrected chi connectivity index (χ2v) is 13.7. The van der Waals surface area contributed by atoms with Crippen LogP contribution in [-0.2, 0) is 42.7 Å². The first kappa shape index (κ1) is 33.8. The van der Waals surface area contributed by atoms with Crippen molar-refractivity contribution < 1.29 is 52.6 Å². The normalized spacial score (nSPS) is 36.2. The Morgan fingerprint density at radius 3 is 1.98 bits per heavy atom. The van der Waals surface area contributed by atoms with Gasteiger partial charge in [0.15, 0.2) is 11.6 Å². The molecule has 4 saturated carbocycles. The molecule has 44 heavy (non-hydrogen) atoms. The predicted molar refractivity (Wildman–Crippen MR) is 155 cm³/mol. The van der Waals surface area contributed by atoms with Crippen LogP contribution in [0, 0.1) is 0 Å². The van der Waals surface area contributed by atoms with Crippen LogP contribution in [0.1, 0.15) is 91.9 Å². The van der Waals surface area contributed by atoms with Crippen LogP contribution in [0.3, 0.4) is 0 Å². The molecule has 13 heteroatoms. The predicted octanol–water partition coefficient (Wildman–Crippen LogP) is 2.44. The van der Waals surface area contributed by atoms with Gasteiger partial charge in [-0.25, -0.2) is 9.59 Å². The second-order valence-electron chi connectivity index (χ2n) is 13.7. The molecule has 2 spiro atoms. The van der Waals surface area contributed by atoms with Crippen molar-refractivity contribution in [3.63, 3.8) is 0 Å². The quantitative estimate of drug-likeness (QED) is 0.337. The number of alkyl carbamates (subject to hydrolysis) is 1. The van der Waals surface area contributed by atoms with E-state index in [1.807, 2.05) is 20.8 Å². The van der Waals surface area contributed by atoms with E-state index in [2.05, 4.69) is 5.32 Å². The van der Waals surface area contributed by atoms with Crippen molar-refractivity contribution in [2.24, 2.45) is 5.73 Å².